The molecular weight excluding hydrogens is 721 g/mol. The van der Waals surface area contributed by atoms with Crippen LogP contribution in [0.4, 0.5) is 5.69 Å². The maximum absolute atomic E-state index is 15.6. The van der Waals surface area contributed by atoms with Gasteiger partial charge in [-0.1, -0.05) is 39.8 Å². The number of aliphatic imine (C=N–C) groups is 1. The summed E-state index contributed by atoms with van der Waals surface area (Å²) >= 11 is 0. The fraction of sp³-hybridized carbons (Fsp3) is 0.526. The Hall–Kier alpha value is -3.44. The van der Waals surface area contributed by atoms with E-state index in [4.69, 9.17) is 25.4 Å². The largest absolute Gasteiger partial charge is 0.489 e. The third-order valence-corrected chi connectivity index (χ3v) is 14.5. The summed E-state index contributed by atoms with van der Waals surface area (Å²) in [6.45, 7) is 0.865. The second-order valence-corrected chi connectivity index (χ2v) is 18.0. The number of aliphatic hydroxyl groups excluding tert-OH is 2. The van der Waals surface area contributed by atoms with E-state index in [1.165, 1.54) is 21.6 Å². The Morgan fingerprint density at radius 3 is 2.51 bits per heavy atom. The van der Waals surface area contributed by atoms with Crippen molar-refractivity contribution in [3.8, 4) is 11.5 Å². The number of hydrogen-bond acceptors (Lipinski definition) is 13. The third kappa shape index (κ3) is 6.08. The molecule has 3 aliphatic carbocycles. The second-order valence-electron chi connectivity index (χ2n) is 15.4. The summed E-state index contributed by atoms with van der Waals surface area (Å²) < 4.78 is 20.7. The van der Waals surface area contributed by atoms with E-state index in [9.17, 15) is 25.6 Å². The monoisotopic (exact) mass is 766 g/mol. The second kappa shape index (κ2) is 13.7. The van der Waals surface area contributed by atoms with E-state index in [-0.39, 0.29) is 59.1 Å². The minimum atomic E-state index is -1.97. The van der Waals surface area contributed by atoms with Crippen LogP contribution in [0, 0.1) is 0 Å². The Balaban J connectivity index is 1.48. The highest BCUT2D eigenvalue weighted by Crippen LogP contribution is 2.60. The molecule has 2 saturated carbocycles. The Kier molecular flexibility index (Phi) is 9.44. The average molecular weight is 767 g/mol. The first-order valence-electron chi connectivity index (χ1n) is 18.2. The molecule has 3 aromatic rings. The Bertz CT molecular complexity index is 2030. The average Bonchev–Trinajstić information content (AvgIpc) is 3.79. The molecule has 0 unspecified atom stereocenters. The molecule has 8 rings (SSSR count). The molecule has 1 aromatic heterocycles. The third-order valence-electron chi connectivity index (χ3n) is 11.7. The molecular formula is C38H46N4O9S2. The van der Waals surface area contributed by atoms with Crippen molar-refractivity contribution in [2.45, 2.75) is 104 Å². The summed E-state index contributed by atoms with van der Waals surface area (Å²) in [5, 5.41) is 55.4. The van der Waals surface area contributed by atoms with Gasteiger partial charge in [-0.05, 0) is 75.6 Å². The molecule has 15 heteroatoms. The summed E-state index contributed by atoms with van der Waals surface area (Å²) in [5.41, 5.74) is 11.6. The number of hydrogen-bond donors (Lipinski definition) is 8. The predicted molar refractivity (Wildman–Crippen MR) is 204 cm³/mol. The number of nitrogens with zero attached hydrogens (tertiary/aromatic N) is 1. The topological polar surface area (TPSA) is 226 Å². The maximum atomic E-state index is 15.6. The number of nitrogens with one attached hydrogen (secondary N) is 1. The normalized spacial score (nSPS) is 32.1. The molecule has 0 spiro atoms. The minimum Gasteiger partial charge on any atom is -0.489 e. The summed E-state index contributed by atoms with van der Waals surface area (Å²) in [6, 6.07) is 6.91. The number of rotatable bonds is 7. The van der Waals surface area contributed by atoms with Gasteiger partial charge in [-0.25, -0.2) is 4.99 Å². The predicted octanol–water partition coefficient (Wildman–Crippen LogP) is 4.41. The van der Waals surface area contributed by atoms with E-state index in [1.807, 2.05) is 0 Å². The number of anilines is 1. The molecule has 2 bridgehead atoms. The molecule has 0 saturated heterocycles. The molecule has 10 N–H and O–H groups in total. The summed E-state index contributed by atoms with van der Waals surface area (Å²) in [7, 11) is 2.62. The van der Waals surface area contributed by atoms with E-state index in [0.717, 1.165) is 32.1 Å². The molecule has 2 aromatic carbocycles. The molecule has 3 heterocycles. The van der Waals surface area contributed by atoms with E-state index >= 15 is 4.79 Å². The number of benzene rings is 2. The van der Waals surface area contributed by atoms with Crippen molar-refractivity contribution in [2.24, 2.45) is 16.5 Å². The summed E-state index contributed by atoms with van der Waals surface area (Å²) in [6.07, 6.45) is 7.89. The summed E-state index contributed by atoms with van der Waals surface area (Å²) in [4.78, 5) is 20.1. The maximum Gasteiger partial charge on any atom is 0.201 e. The number of guanidine groups is 1. The van der Waals surface area contributed by atoms with E-state index in [1.54, 1.807) is 43.3 Å². The van der Waals surface area contributed by atoms with Crippen LogP contribution in [-0.2, 0) is 5.60 Å². The zero-order valence-corrected chi connectivity index (χ0v) is 31.0. The Labute approximate surface area is 314 Å². The van der Waals surface area contributed by atoms with Gasteiger partial charge in [0.25, 0.3) is 0 Å². The van der Waals surface area contributed by atoms with Crippen molar-refractivity contribution in [1.29, 1.82) is 0 Å². The van der Waals surface area contributed by atoms with Gasteiger partial charge in [0.05, 0.1) is 47.0 Å². The highest BCUT2D eigenvalue weighted by molar-refractivity contribution is 8.76. The van der Waals surface area contributed by atoms with Crippen molar-refractivity contribution in [3.63, 3.8) is 0 Å². The zero-order valence-electron chi connectivity index (χ0n) is 29.4. The number of allylic oxidation sites excluding steroid dienone is 1. The van der Waals surface area contributed by atoms with E-state index in [2.05, 4.69) is 10.5 Å². The quantitative estimate of drug-likeness (QED) is 0.0549. The molecule has 5 aliphatic rings. The SMILES string of the molecule is C[C@]1(O)CCC[C@H]2c3c(c4c5oc6c(c(=O)c5c3OC3CCCC3)[C@@H](c3ccc(NO)cc3)C=C[C@@]6(O)C[C@](CO)(N=C(N)N)CSS[C@@H]4CO)O[C@@H]21. The fourth-order valence-corrected chi connectivity index (χ4v) is 12.1. The Morgan fingerprint density at radius 1 is 1.08 bits per heavy atom. The molecule has 0 amide bonds. The lowest BCUT2D eigenvalue weighted by atomic mass is 9.73. The van der Waals surface area contributed by atoms with Crippen LogP contribution in [0.25, 0.3) is 11.0 Å². The van der Waals surface area contributed by atoms with Gasteiger partial charge >= 0.3 is 0 Å². The molecule has 13 nitrogen and oxygen atoms in total. The molecule has 2 aliphatic heterocycles. The van der Waals surface area contributed by atoms with Crippen LogP contribution in [0.5, 0.6) is 11.5 Å². The van der Waals surface area contributed by atoms with Crippen LogP contribution in [-0.4, -0.2) is 73.9 Å². The van der Waals surface area contributed by atoms with Crippen molar-refractivity contribution < 1.29 is 39.5 Å². The minimum absolute atomic E-state index is 0.0421. The first-order valence-corrected chi connectivity index (χ1v) is 20.6. The lowest BCUT2D eigenvalue weighted by Gasteiger charge is -2.38. The fourth-order valence-electron chi connectivity index (χ4n) is 9.17. The number of fused-ring (bicyclic) bond motifs is 4. The van der Waals surface area contributed by atoms with Gasteiger partial charge in [0.2, 0.25) is 5.43 Å². The molecule has 0 radical (unpaired) electrons. The molecule has 2 fully saturated rings. The van der Waals surface area contributed by atoms with Crippen molar-refractivity contribution in [1.82, 2.24) is 0 Å². The van der Waals surface area contributed by atoms with Crippen LogP contribution in [0.3, 0.4) is 0 Å². The zero-order chi connectivity index (χ0) is 37.3. The number of nitrogens with two attached hydrogens (primary N) is 2. The van der Waals surface area contributed by atoms with Crippen molar-refractivity contribution in [3.05, 3.63) is 74.7 Å². The van der Waals surface area contributed by atoms with Gasteiger partial charge in [-0.15, -0.1) is 0 Å². The first-order chi connectivity index (χ1) is 25.4. The lowest BCUT2D eigenvalue weighted by molar-refractivity contribution is -0.0727. The highest BCUT2D eigenvalue weighted by Gasteiger charge is 2.53. The number of ether oxygens (including phenoxy) is 2. The Morgan fingerprint density at radius 2 is 1.83 bits per heavy atom. The first kappa shape index (κ1) is 36.5. The van der Waals surface area contributed by atoms with Gasteiger partial charge in [0, 0.05) is 29.6 Å². The van der Waals surface area contributed by atoms with Crippen LogP contribution in [0.2, 0.25) is 0 Å². The van der Waals surface area contributed by atoms with Crippen LogP contribution >= 0.6 is 21.6 Å². The lowest BCUT2D eigenvalue weighted by Crippen LogP contribution is -2.47. The molecule has 7 atom stereocenters. The number of aliphatic hydroxyl groups is 4. The smallest absolute Gasteiger partial charge is 0.201 e. The van der Waals surface area contributed by atoms with Gasteiger partial charge < -0.3 is 45.8 Å². The van der Waals surface area contributed by atoms with Crippen LogP contribution < -0.4 is 31.8 Å². The van der Waals surface area contributed by atoms with Crippen LogP contribution in [0.15, 0.2) is 50.6 Å². The van der Waals surface area contributed by atoms with Gasteiger partial charge in [-0.3, -0.25) is 15.5 Å². The molecule has 53 heavy (non-hydrogen) atoms. The van der Waals surface area contributed by atoms with Gasteiger partial charge in [-0.2, -0.15) is 0 Å². The van der Waals surface area contributed by atoms with Crippen molar-refractivity contribution >= 4 is 44.2 Å². The van der Waals surface area contributed by atoms with Gasteiger partial charge in [0.15, 0.2) is 5.96 Å². The standard InChI is InChI=1S/C38H46N4O9S2/c1-36(46)13-4-7-23-26-30(50-33(23)36)27-24(15-43)53-52-18-37(17-44,41-35(39)40)16-38(47)14-12-22(19-8-10-20(42-48)11-9-19)25-29(45)28(32(27)51-34(25)38)31(26)49-21-5-2-3-6-21/h8-12,14,21-24,33,42-44,46-48H,2-7,13,15-18H2,1H3,(H4,39,40,41)/t22-,23+,24-,33+,36+,37-,38-/m1/s1. The van der Waals surface area contributed by atoms with Crippen LogP contribution in [0.1, 0.15) is 103 Å². The molecule has 284 valence electrons. The van der Waals surface area contributed by atoms with E-state index in [0.29, 0.717) is 46.7 Å². The van der Waals surface area contributed by atoms with Crippen molar-refractivity contribution in [2.75, 3.05) is 24.4 Å². The summed E-state index contributed by atoms with van der Waals surface area (Å²) in [5.74, 6) is -0.379. The van der Waals surface area contributed by atoms with Gasteiger partial charge in [0.1, 0.15) is 45.5 Å². The van der Waals surface area contributed by atoms with E-state index < -0.39 is 46.0 Å². The highest BCUT2D eigenvalue weighted by atomic mass is 33.1.